The molecule has 6 nitrogen and oxygen atoms in total. The molecule has 2 aromatic carbocycles. The van der Waals surface area contributed by atoms with Crippen LogP contribution in [0.3, 0.4) is 0 Å². The summed E-state index contributed by atoms with van der Waals surface area (Å²) in [6.45, 7) is 1.94. The second kappa shape index (κ2) is 8.92. The van der Waals surface area contributed by atoms with Crippen LogP contribution in [0.25, 0.3) is 16.6 Å². The van der Waals surface area contributed by atoms with E-state index in [4.69, 9.17) is 4.98 Å². The van der Waals surface area contributed by atoms with Crippen molar-refractivity contribution in [3.8, 4) is 5.69 Å². The van der Waals surface area contributed by atoms with Crippen molar-refractivity contribution in [2.75, 3.05) is 5.32 Å². The number of fused-ring (bicyclic) bond motifs is 1. The lowest BCUT2D eigenvalue weighted by atomic mass is 10.2. The maximum atomic E-state index is 13.3. The fourth-order valence-electron chi connectivity index (χ4n) is 3.10. The number of para-hydroxylation sites is 2. The van der Waals surface area contributed by atoms with Gasteiger partial charge in [-0.15, -0.1) is 0 Å². The van der Waals surface area contributed by atoms with Crippen LogP contribution in [0.2, 0.25) is 0 Å². The topological polar surface area (TPSA) is 76.9 Å². The van der Waals surface area contributed by atoms with Crippen molar-refractivity contribution in [2.24, 2.45) is 0 Å². The highest BCUT2D eigenvalue weighted by molar-refractivity contribution is 8.00. The van der Waals surface area contributed by atoms with E-state index in [1.807, 2.05) is 55.5 Å². The lowest BCUT2D eigenvalue weighted by Gasteiger charge is -2.18. The maximum Gasteiger partial charge on any atom is 0.266 e. The lowest BCUT2D eigenvalue weighted by molar-refractivity contribution is -0.115. The summed E-state index contributed by atoms with van der Waals surface area (Å²) in [5, 5.41) is 3.52. The minimum absolute atomic E-state index is 0.143. The minimum atomic E-state index is -0.416. The Labute approximate surface area is 178 Å². The van der Waals surface area contributed by atoms with E-state index < -0.39 is 5.25 Å². The van der Waals surface area contributed by atoms with Gasteiger partial charge in [0.2, 0.25) is 5.91 Å². The highest BCUT2D eigenvalue weighted by Crippen LogP contribution is 2.27. The third-order valence-electron chi connectivity index (χ3n) is 4.62. The first kappa shape index (κ1) is 19.8. The Morgan fingerprint density at radius 1 is 1.03 bits per heavy atom. The van der Waals surface area contributed by atoms with Crippen LogP contribution in [-0.4, -0.2) is 25.7 Å². The molecule has 0 aliphatic rings. The summed E-state index contributed by atoms with van der Waals surface area (Å²) in [7, 11) is 0. The van der Waals surface area contributed by atoms with Gasteiger partial charge in [-0.25, -0.2) is 4.98 Å². The lowest BCUT2D eigenvalue weighted by Crippen LogP contribution is -2.27. The number of benzene rings is 2. The van der Waals surface area contributed by atoms with Gasteiger partial charge in [-0.2, -0.15) is 0 Å². The van der Waals surface area contributed by atoms with Crippen molar-refractivity contribution in [2.45, 2.75) is 23.8 Å². The number of carbonyl (C=O) groups excluding carboxylic acids is 1. The molecule has 7 heteroatoms. The van der Waals surface area contributed by atoms with Crippen molar-refractivity contribution in [3.05, 3.63) is 89.5 Å². The van der Waals surface area contributed by atoms with Gasteiger partial charge in [0.05, 0.1) is 21.8 Å². The van der Waals surface area contributed by atoms with Crippen molar-refractivity contribution in [3.63, 3.8) is 0 Å². The molecule has 0 spiro atoms. The summed E-state index contributed by atoms with van der Waals surface area (Å²) in [5.41, 5.74) is 1.86. The van der Waals surface area contributed by atoms with Gasteiger partial charge in [-0.05, 0) is 42.8 Å². The third-order valence-corrected chi connectivity index (χ3v) is 5.93. The molecule has 4 aromatic rings. The largest absolute Gasteiger partial charge is 0.325 e. The van der Waals surface area contributed by atoms with Gasteiger partial charge in [-0.3, -0.25) is 19.1 Å². The molecule has 0 aliphatic carbocycles. The summed E-state index contributed by atoms with van der Waals surface area (Å²) in [5.74, 6) is -0.143. The summed E-state index contributed by atoms with van der Waals surface area (Å²) in [6, 6.07) is 20.1. The molecule has 1 N–H and O–H groups in total. The molecular formula is C23H20N4O2S. The van der Waals surface area contributed by atoms with E-state index in [0.29, 0.717) is 33.9 Å². The molecule has 4 rings (SSSR count). The molecule has 0 fully saturated rings. The summed E-state index contributed by atoms with van der Waals surface area (Å²) < 4.78 is 1.58. The summed E-state index contributed by atoms with van der Waals surface area (Å²) in [6.07, 6.45) is 3.84. The second-order valence-electron chi connectivity index (χ2n) is 6.63. The van der Waals surface area contributed by atoms with Crippen LogP contribution in [0.4, 0.5) is 5.69 Å². The Bertz CT molecular complexity index is 1230. The molecule has 1 atom stereocenters. The number of anilines is 1. The number of amides is 1. The molecule has 0 saturated carbocycles. The number of thioether (sulfide) groups is 1. The Morgan fingerprint density at radius 2 is 1.73 bits per heavy atom. The number of carbonyl (C=O) groups is 1. The molecule has 2 heterocycles. The van der Waals surface area contributed by atoms with Gasteiger partial charge in [0, 0.05) is 18.1 Å². The predicted molar refractivity (Wildman–Crippen MR) is 120 cm³/mol. The van der Waals surface area contributed by atoms with Gasteiger partial charge in [0.25, 0.3) is 5.56 Å². The fraction of sp³-hybridized carbons (Fsp3) is 0.130. The first-order chi connectivity index (χ1) is 14.7. The minimum Gasteiger partial charge on any atom is -0.325 e. The van der Waals surface area contributed by atoms with Gasteiger partial charge in [0.1, 0.15) is 0 Å². The SMILES string of the molecule is CCC(Sc1nc2ccccc2c(=O)n1-c1ccccc1)C(=O)Nc1ccncc1. The van der Waals surface area contributed by atoms with Gasteiger partial charge < -0.3 is 5.32 Å². The Morgan fingerprint density at radius 3 is 2.47 bits per heavy atom. The maximum absolute atomic E-state index is 13.3. The van der Waals surface area contributed by atoms with Gasteiger partial charge in [0.15, 0.2) is 5.16 Å². The van der Waals surface area contributed by atoms with E-state index in [1.54, 1.807) is 35.2 Å². The number of hydrogen-bond acceptors (Lipinski definition) is 5. The van der Waals surface area contributed by atoms with Crippen LogP contribution in [0.15, 0.2) is 89.1 Å². The van der Waals surface area contributed by atoms with Crippen LogP contribution in [-0.2, 0) is 4.79 Å². The first-order valence-electron chi connectivity index (χ1n) is 9.62. The van der Waals surface area contributed by atoms with Crippen LogP contribution >= 0.6 is 11.8 Å². The molecule has 0 saturated heterocycles. The van der Waals surface area contributed by atoms with Crippen LogP contribution < -0.4 is 10.9 Å². The molecule has 2 aromatic heterocycles. The van der Waals surface area contributed by atoms with E-state index in [2.05, 4.69) is 10.3 Å². The zero-order valence-electron chi connectivity index (χ0n) is 16.4. The van der Waals surface area contributed by atoms with Crippen molar-refractivity contribution >= 4 is 34.3 Å². The number of aromatic nitrogens is 3. The summed E-state index contributed by atoms with van der Waals surface area (Å²) >= 11 is 1.29. The van der Waals surface area contributed by atoms with Gasteiger partial charge in [-0.1, -0.05) is 49.0 Å². The number of hydrogen-bond donors (Lipinski definition) is 1. The molecule has 1 unspecified atom stereocenters. The zero-order chi connectivity index (χ0) is 20.9. The number of rotatable bonds is 6. The molecule has 0 bridgehead atoms. The monoisotopic (exact) mass is 416 g/mol. The van der Waals surface area contributed by atoms with E-state index in [-0.39, 0.29) is 11.5 Å². The number of nitrogens with zero attached hydrogens (tertiary/aromatic N) is 3. The number of pyridine rings is 1. The highest BCUT2D eigenvalue weighted by atomic mass is 32.2. The van der Waals surface area contributed by atoms with Gasteiger partial charge >= 0.3 is 0 Å². The molecule has 1 amide bonds. The quantitative estimate of drug-likeness (QED) is 0.375. The highest BCUT2D eigenvalue weighted by Gasteiger charge is 2.22. The van der Waals surface area contributed by atoms with Crippen molar-refractivity contribution in [1.82, 2.24) is 14.5 Å². The Kier molecular flexibility index (Phi) is 5.90. The smallest absolute Gasteiger partial charge is 0.266 e. The summed E-state index contributed by atoms with van der Waals surface area (Å²) in [4.78, 5) is 34.8. The second-order valence-corrected chi connectivity index (χ2v) is 7.80. The molecule has 150 valence electrons. The van der Waals surface area contributed by atoms with E-state index in [9.17, 15) is 9.59 Å². The van der Waals surface area contributed by atoms with E-state index in [0.717, 1.165) is 0 Å². The zero-order valence-corrected chi connectivity index (χ0v) is 17.2. The van der Waals surface area contributed by atoms with Crippen molar-refractivity contribution in [1.29, 1.82) is 0 Å². The van der Waals surface area contributed by atoms with E-state index in [1.165, 1.54) is 11.8 Å². The van der Waals surface area contributed by atoms with Crippen LogP contribution in [0.1, 0.15) is 13.3 Å². The molecule has 30 heavy (non-hydrogen) atoms. The average Bonchev–Trinajstić information content (AvgIpc) is 2.79. The molecule has 0 aliphatic heterocycles. The Balaban J connectivity index is 1.75. The van der Waals surface area contributed by atoms with Crippen LogP contribution in [0.5, 0.6) is 0 Å². The normalized spacial score (nSPS) is 11.9. The average molecular weight is 417 g/mol. The third kappa shape index (κ3) is 4.11. The standard InChI is InChI=1S/C23H20N4O2S/c1-2-20(21(28)25-16-12-14-24-15-13-16)30-23-26-19-11-7-6-10-18(19)22(29)27(23)17-8-4-3-5-9-17/h3-15,20H,2H2,1H3,(H,24,25,28). The number of nitrogens with one attached hydrogen (secondary N) is 1. The van der Waals surface area contributed by atoms with Crippen molar-refractivity contribution < 1.29 is 4.79 Å². The van der Waals surface area contributed by atoms with E-state index >= 15 is 0 Å². The first-order valence-corrected chi connectivity index (χ1v) is 10.5. The van der Waals surface area contributed by atoms with Crippen LogP contribution in [0, 0.1) is 0 Å². The fourth-order valence-corrected chi connectivity index (χ4v) is 4.14. The Hall–Kier alpha value is -3.45. The molecular weight excluding hydrogens is 396 g/mol. The molecule has 0 radical (unpaired) electrons. The predicted octanol–water partition coefficient (Wildman–Crippen LogP) is 4.29.